The average Bonchev–Trinajstić information content (AvgIpc) is 2.99. The Morgan fingerprint density at radius 1 is 1.24 bits per heavy atom. The number of carbonyl (C=O) groups is 1. The SMILES string of the molecule is O=C1/C(=C\c2ccc(I)o2)SC(=S)N1Cc1ccccc1. The maximum Gasteiger partial charge on any atom is 0.266 e. The number of nitrogens with zero attached hydrogens (tertiary/aromatic N) is 1. The first-order valence-electron chi connectivity index (χ1n) is 6.18. The Hall–Kier alpha value is -1.12. The van der Waals surface area contributed by atoms with Crippen molar-refractivity contribution in [2.75, 3.05) is 0 Å². The first kappa shape index (κ1) is 14.8. The zero-order valence-corrected chi connectivity index (χ0v) is 14.6. The molecule has 1 fully saturated rings. The third-order valence-electron chi connectivity index (χ3n) is 2.92. The van der Waals surface area contributed by atoms with Crippen LogP contribution in [0.1, 0.15) is 11.3 Å². The molecule has 3 rings (SSSR count). The molecule has 1 saturated heterocycles. The number of benzene rings is 1. The molecule has 1 aromatic heterocycles. The lowest BCUT2D eigenvalue weighted by atomic mass is 10.2. The van der Waals surface area contributed by atoms with Crippen molar-refractivity contribution in [3.05, 3.63) is 62.5 Å². The average molecular weight is 427 g/mol. The van der Waals surface area contributed by atoms with Crippen molar-refractivity contribution in [2.45, 2.75) is 6.54 Å². The van der Waals surface area contributed by atoms with Crippen molar-refractivity contribution in [3.8, 4) is 0 Å². The summed E-state index contributed by atoms with van der Waals surface area (Å²) in [4.78, 5) is 14.7. The van der Waals surface area contributed by atoms with Crippen LogP contribution in [0.2, 0.25) is 0 Å². The highest BCUT2D eigenvalue weighted by Gasteiger charge is 2.32. The third-order valence-corrected chi connectivity index (χ3v) is 4.88. The highest BCUT2D eigenvalue weighted by Crippen LogP contribution is 2.33. The highest BCUT2D eigenvalue weighted by molar-refractivity contribution is 14.1. The molecule has 106 valence electrons. The number of halogens is 1. The Balaban J connectivity index is 1.81. The zero-order valence-electron chi connectivity index (χ0n) is 10.8. The van der Waals surface area contributed by atoms with Gasteiger partial charge in [0.25, 0.3) is 5.91 Å². The van der Waals surface area contributed by atoms with E-state index in [1.165, 1.54) is 11.8 Å². The minimum absolute atomic E-state index is 0.0692. The van der Waals surface area contributed by atoms with E-state index in [4.69, 9.17) is 16.6 Å². The van der Waals surface area contributed by atoms with Crippen LogP contribution in [0.25, 0.3) is 6.08 Å². The second-order valence-electron chi connectivity index (χ2n) is 4.40. The molecular weight excluding hydrogens is 417 g/mol. The van der Waals surface area contributed by atoms with Crippen LogP contribution >= 0.6 is 46.6 Å². The maximum atomic E-state index is 12.4. The molecule has 21 heavy (non-hydrogen) atoms. The fourth-order valence-electron chi connectivity index (χ4n) is 1.94. The van der Waals surface area contributed by atoms with Crippen LogP contribution in [0, 0.1) is 3.77 Å². The largest absolute Gasteiger partial charge is 0.451 e. The fraction of sp³-hybridized carbons (Fsp3) is 0.0667. The first-order valence-corrected chi connectivity index (χ1v) is 8.48. The van der Waals surface area contributed by atoms with Gasteiger partial charge in [0, 0.05) is 6.08 Å². The summed E-state index contributed by atoms with van der Waals surface area (Å²) in [5.74, 6) is 0.597. The van der Waals surface area contributed by atoms with Crippen molar-refractivity contribution < 1.29 is 9.21 Å². The number of amides is 1. The fourth-order valence-corrected chi connectivity index (χ4v) is 3.61. The zero-order chi connectivity index (χ0) is 14.8. The van der Waals surface area contributed by atoms with E-state index in [1.807, 2.05) is 42.5 Å². The van der Waals surface area contributed by atoms with Gasteiger partial charge in [0.15, 0.2) is 3.77 Å². The number of rotatable bonds is 3. The molecule has 0 radical (unpaired) electrons. The molecule has 0 atom stereocenters. The van der Waals surface area contributed by atoms with Crippen LogP contribution in [0.15, 0.2) is 51.8 Å². The van der Waals surface area contributed by atoms with E-state index in [9.17, 15) is 4.79 Å². The van der Waals surface area contributed by atoms with Crippen LogP contribution < -0.4 is 0 Å². The van der Waals surface area contributed by atoms with E-state index in [0.29, 0.717) is 21.5 Å². The Kier molecular flexibility index (Phi) is 4.46. The van der Waals surface area contributed by atoms with Crippen molar-refractivity contribution in [1.29, 1.82) is 0 Å². The van der Waals surface area contributed by atoms with Gasteiger partial charge in [-0.1, -0.05) is 54.3 Å². The number of hydrogen-bond acceptors (Lipinski definition) is 4. The van der Waals surface area contributed by atoms with Crippen LogP contribution in [0.4, 0.5) is 0 Å². The summed E-state index contributed by atoms with van der Waals surface area (Å²) in [7, 11) is 0. The molecule has 6 heteroatoms. The summed E-state index contributed by atoms with van der Waals surface area (Å²) in [6, 6.07) is 13.5. The van der Waals surface area contributed by atoms with E-state index < -0.39 is 0 Å². The molecule has 2 aromatic rings. The molecule has 0 bridgehead atoms. The van der Waals surface area contributed by atoms with E-state index in [1.54, 1.807) is 11.0 Å². The van der Waals surface area contributed by atoms with Crippen molar-refractivity contribution in [3.63, 3.8) is 0 Å². The molecule has 2 heterocycles. The van der Waals surface area contributed by atoms with Gasteiger partial charge < -0.3 is 4.42 Å². The Labute approximate surface area is 145 Å². The van der Waals surface area contributed by atoms with Crippen LogP contribution in [-0.2, 0) is 11.3 Å². The number of thioether (sulfide) groups is 1. The first-order chi connectivity index (χ1) is 10.1. The Morgan fingerprint density at radius 3 is 2.67 bits per heavy atom. The number of carbonyl (C=O) groups excluding carboxylic acids is 1. The molecular formula is C15H10INO2S2. The quantitative estimate of drug-likeness (QED) is 0.416. The van der Waals surface area contributed by atoms with Crippen LogP contribution in [0.3, 0.4) is 0 Å². The minimum Gasteiger partial charge on any atom is -0.451 e. The molecule has 0 N–H and O–H groups in total. The molecule has 1 aliphatic rings. The summed E-state index contributed by atoms with van der Waals surface area (Å²) < 4.78 is 6.84. The Bertz CT molecular complexity index is 724. The molecule has 0 unspecified atom stereocenters. The molecule has 0 saturated carbocycles. The maximum absolute atomic E-state index is 12.4. The minimum atomic E-state index is -0.0692. The molecule has 0 spiro atoms. The number of thiocarbonyl (C=S) groups is 1. The van der Waals surface area contributed by atoms with Gasteiger partial charge in [-0.15, -0.1) is 0 Å². The monoisotopic (exact) mass is 427 g/mol. The summed E-state index contributed by atoms with van der Waals surface area (Å²) in [5.41, 5.74) is 1.06. The van der Waals surface area contributed by atoms with E-state index in [-0.39, 0.29) is 5.91 Å². The predicted molar refractivity (Wildman–Crippen MR) is 96.6 cm³/mol. The second-order valence-corrected chi connectivity index (χ2v) is 7.13. The van der Waals surface area contributed by atoms with Gasteiger partial charge in [-0.25, -0.2) is 0 Å². The normalized spacial score (nSPS) is 17.0. The van der Waals surface area contributed by atoms with Crippen LogP contribution in [-0.4, -0.2) is 15.1 Å². The molecule has 1 aliphatic heterocycles. The highest BCUT2D eigenvalue weighted by atomic mass is 127. The molecule has 1 aromatic carbocycles. The lowest BCUT2D eigenvalue weighted by molar-refractivity contribution is -0.122. The van der Waals surface area contributed by atoms with Gasteiger partial charge in [0.2, 0.25) is 0 Å². The lowest BCUT2D eigenvalue weighted by Gasteiger charge is -2.14. The van der Waals surface area contributed by atoms with Gasteiger partial charge in [0.05, 0.1) is 11.4 Å². The predicted octanol–water partition coefficient (Wildman–Crippen LogP) is 4.29. The van der Waals surface area contributed by atoms with Crippen molar-refractivity contribution in [1.82, 2.24) is 4.90 Å². The molecule has 3 nitrogen and oxygen atoms in total. The second kappa shape index (κ2) is 6.33. The van der Waals surface area contributed by atoms with Gasteiger partial charge in [-0.2, -0.15) is 0 Å². The van der Waals surface area contributed by atoms with Gasteiger partial charge >= 0.3 is 0 Å². The smallest absolute Gasteiger partial charge is 0.266 e. The molecule has 1 amide bonds. The van der Waals surface area contributed by atoms with Crippen molar-refractivity contribution >= 4 is 62.9 Å². The summed E-state index contributed by atoms with van der Waals surface area (Å²) in [6.07, 6.45) is 1.74. The number of furan rings is 1. The Morgan fingerprint density at radius 2 is 2.00 bits per heavy atom. The van der Waals surface area contributed by atoms with Gasteiger partial charge in [0.1, 0.15) is 10.1 Å². The third kappa shape index (κ3) is 3.38. The van der Waals surface area contributed by atoms with Gasteiger partial charge in [-0.3, -0.25) is 9.69 Å². The standard InChI is InChI=1S/C15H10INO2S2/c16-13-7-6-11(19-13)8-12-14(18)17(15(20)21-12)9-10-4-2-1-3-5-10/h1-8H,9H2/b12-8+. The molecule has 0 aliphatic carbocycles. The lowest BCUT2D eigenvalue weighted by Crippen LogP contribution is -2.27. The van der Waals surface area contributed by atoms with Crippen molar-refractivity contribution in [2.24, 2.45) is 0 Å². The van der Waals surface area contributed by atoms with E-state index in [0.717, 1.165) is 9.33 Å². The summed E-state index contributed by atoms with van der Waals surface area (Å²) in [5, 5.41) is 0. The van der Waals surface area contributed by atoms with Gasteiger partial charge in [-0.05, 0) is 40.3 Å². The summed E-state index contributed by atoms with van der Waals surface area (Å²) in [6.45, 7) is 0.499. The summed E-state index contributed by atoms with van der Waals surface area (Å²) >= 11 is 8.71. The van der Waals surface area contributed by atoms with E-state index >= 15 is 0 Å². The number of hydrogen-bond donors (Lipinski definition) is 0. The topological polar surface area (TPSA) is 33.5 Å². The van der Waals surface area contributed by atoms with Crippen LogP contribution in [0.5, 0.6) is 0 Å². The van der Waals surface area contributed by atoms with E-state index in [2.05, 4.69) is 22.6 Å².